The number of rotatable bonds is 5. The zero-order valence-electron chi connectivity index (χ0n) is 18.8. The summed E-state index contributed by atoms with van der Waals surface area (Å²) in [4.78, 5) is 37.8. The van der Waals surface area contributed by atoms with Crippen molar-refractivity contribution < 1.29 is 28.6 Å². The minimum Gasteiger partial charge on any atom is -0.462 e. The van der Waals surface area contributed by atoms with E-state index in [1.54, 1.807) is 59.7 Å². The average Bonchev–Trinajstić information content (AvgIpc) is 2.98. The topological polar surface area (TPSA) is 83.8 Å². The van der Waals surface area contributed by atoms with Crippen LogP contribution in [0, 0.1) is 0 Å². The van der Waals surface area contributed by atoms with Crippen molar-refractivity contribution in [1.29, 1.82) is 0 Å². The smallest absolute Gasteiger partial charge is 0.419 e. The Kier molecular flexibility index (Phi) is 6.95. The number of carbonyl (C=O) groups is 3. The Bertz CT molecular complexity index is 943. The molecule has 0 saturated heterocycles. The molecule has 2 rings (SSSR count). The van der Waals surface area contributed by atoms with Gasteiger partial charge >= 0.3 is 18.0 Å². The molecule has 0 aliphatic heterocycles. The molecular weight excluding hydrogens is 386 g/mol. The number of hydrogen-bond donors (Lipinski definition) is 0. The predicted octanol–water partition coefficient (Wildman–Crippen LogP) is 5.34. The minimum absolute atomic E-state index is 0.192. The van der Waals surface area contributed by atoms with E-state index in [9.17, 15) is 14.4 Å². The summed E-state index contributed by atoms with van der Waals surface area (Å²) < 4.78 is 17.5. The Hall–Kier alpha value is -2.83. The molecule has 7 nitrogen and oxygen atoms in total. The molecule has 0 fully saturated rings. The van der Waals surface area contributed by atoms with Crippen LogP contribution in [0.1, 0.15) is 82.0 Å². The van der Waals surface area contributed by atoms with Crippen molar-refractivity contribution in [3.63, 3.8) is 0 Å². The first-order valence-electron chi connectivity index (χ1n) is 10.1. The first-order valence-corrected chi connectivity index (χ1v) is 10.1. The summed E-state index contributed by atoms with van der Waals surface area (Å²) in [6.45, 7) is 12.9. The van der Waals surface area contributed by atoms with Gasteiger partial charge < -0.3 is 14.2 Å². The Balaban J connectivity index is 2.52. The van der Waals surface area contributed by atoms with Gasteiger partial charge in [-0.05, 0) is 66.2 Å². The lowest BCUT2D eigenvalue weighted by atomic mass is 10.1. The van der Waals surface area contributed by atoms with Crippen LogP contribution in [-0.4, -0.2) is 40.4 Å². The molecule has 1 aromatic heterocycles. The second-order valence-corrected chi connectivity index (χ2v) is 9.12. The molecule has 0 unspecified atom stereocenters. The van der Waals surface area contributed by atoms with Crippen molar-refractivity contribution in [3.8, 4) is 0 Å². The summed E-state index contributed by atoms with van der Waals surface area (Å²) in [6, 6.07) is 4.70. The molecule has 0 spiro atoms. The third-order valence-corrected chi connectivity index (χ3v) is 3.98. The normalized spacial score (nSPS) is 12.0. The molecule has 0 aliphatic carbocycles. The molecular formula is C23H31NO6. The molecule has 1 aromatic carbocycles. The quantitative estimate of drug-likeness (QED) is 0.371. The molecule has 0 amide bonds. The second kappa shape index (κ2) is 8.90. The number of aromatic nitrogens is 1. The van der Waals surface area contributed by atoms with E-state index < -0.39 is 29.2 Å². The highest BCUT2D eigenvalue weighted by molar-refractivity contribution is 6.08. The van der Waals surface area contributed by atoms with Crippen LogP contribution in [0.15, 0.2) is 24.4 Å². The monoisotopic (exact) mass is 417 g/mol. The Morgan fingerprint density at radius 2 is 1.57 bits per heavy atom. The number of nitrogens with zero attached hydrogens (tertiary/aromatic N) is 1. The lowest BCUT2D eigenvalue weighted by Crippen LogP contribution is -2.26. The summed E-state index contributed by atoms with van der Waals surface area (Å²) in [5, 5.41) is 0.422. The van der Waals surface area contributed by atoms with Gasteiger partial charge in [-0.25, -0.2) is 14.4 Å². The van der Waals surface area contributed by atoms with Gasteiger partial charge in [-0.15, -0.1) is 0 Å². The molecule has 164 valence electrons. The summed E-state index contributed by atoms with van der Waals surface area (Å²) in [7, 11) is 0. The van der Waals surface area contributed by atoms with Gasteiger partial charge in [0.05, 0.1) is 23.3 Å². The highest BCUT2D eigenvalue weighted by Gasteiger charge is 2.25. The fraction of sp³-hybridized carbons (Fsp3) is 0.522. The number of benzene rings is 1. The zero-order chi connectivity index (χ0) is 22.7. The Labute approximate surface area is 177 Å². The third-order valence-electron chi connectivity index (χ3n) is 3.98. The SMILES string of the molecule is CCCCOC(=O)c1cn(C(=O)OC(C)(C)C)c2ccc(C(=O)OC(C)(C)C)cc12. The van der Waals surface area contributed by atoms with Crippen LogP contribution >= 0.6 is 0 Å². The first-order chi connectivity index (χ1) is 13.8. The zero-order valence-corrected chi connectivity index (χ0v) is 18.8. The van der Waals surface area contributed by atoms with Gasteiger partial charge in [0.15, 0.2) is 0 Å². The largest absolute Gasteiger partial charge is 0.462 e. The van der Waals surface area contributed by atoms with Crippen LogP contribution in [0.25, 0.3) is 10.9 Å². The van der Waals surface area contributed by atoms with E-state index in [0.29, 0.717) is 10.9 Å². The van der Waals surface area contributed by atoms with Crippen molar-refractivity contribution in [1.82, 2.24) is 4.57 Å². The van der Waals surface area contributed by atoms with E-state index in [-0.39, 0.29) is 17.7 Å². The van der Waals surface area contributed by atoms with Crippen LogP contribution in [0.2, 0.25) is 0 Å². The van der Waals surface area contributed by atoms with Gasteiger partial charge in [-0.2, -0.15) is 0 Å². The van der Waals surface area contributed by atoms with Crippen molar-refractivity contribution in [3.05, 3.63) is 35.5 Å². The van der Waals surface area contributed by atoms with Crippen molar-refractivity contribution in [2.24, 2.45) is 0 Å². The molecule has 7 heteroatoms. The molecule has 0 saturated carbocycles. The van der Waals surface area contributed by atoms with Gasteiger partial charge in [0.2, 0.25) is 0 Å². The van der Waals surface area contributed by atoms with Crippen LogP contribution in [0.4, 0.5) is 4.79 Å². The molecule has 0 bridgehead atoms. The van der Waals surface area contributed by atoms with Crippen LogP contribution in [-0.2, 0) is 14.2 Å². The maximum atomic E-state index is 12.7. The van der Waals surface area contributed by atoms with Gasteiger partial charge in [0, 0.05) is 11.6 Å². The number of unbranched alkanes of at least 4 members (excludes halogenated alkanes) is 1. The molecule has 0 N–H and O–H groups in total. The lowest BCUT2D eigenvalue weighted by molar-refractivity contribution is 0.00691. The number of esters is 2. The van der Waals surface area contributed by atoms with Crippen LogP contribution < -0.4 is 0 Å². The average molecular weight is 418 g/mol. The predicted molar refractivity (Wildman–Crippen MR) is 114 cm³/mol. The van der Waals surface area contributed by atoms with Gasteiger partial charge in [-0.1, -0.05) is 13.3 Å². The summed E-state index contributed by atoms with van der Waals surface area (Å²) in [5.74, 6) is -1.07. The van der Waals surface area contributed by atoms with E-state index in [4.69, 9.17) is 14.2 Å². The maximum absolute atomic E-state index is 12.7. The van der Waals surface area contributed by atoms with E-state index in [2.05, 4.69) is 0 Å². The van der Waals surface area contributed by atoms with E-state index in [0.717, 1.165) is 12.8 Å². The van der Waals surface area contributed by atoms with Crippen molar-refractivity contribution in [2.75, 3.05) is 6.61 Å². The maximum Gasteiger partial charge on any atom is 0.419 e. The molecule has 2 aromatic rings. The molecule has 0 aliphatic rings. The lowest BCUT2D eigenvalue weighted by Gasteiger charge is -2.20. The van der Waals surface area contributed by atoms with E-state index >= 15 is 0 Å². The Morgan fingerprint density at radius 1 is 0.933 bits per heavy atom. The van der Waals surface area contributed by atoms with Gasteiger partial charge in [0.25, 0.3) is 0 Å². The fourth-order valence-electron chi connectivity index (χ4n) is 2.71. The van der Waals surface area contributed by atoms with Crippen LogP contribution in [0.5, 0.6) is 0 Å². The Morgan fingerprint density at radius 3 is 2.13 bits per heavy atom. The standard InChI is InChI=1S/C23H31NO6/c1-8-9-12-28-20(26)17-14-24(21(27)30-23(5,6)7)18-11-10-15(13-16(17)18)19(25)29-22(2,3)4/h10-11,13-14H,8-9,12H2,1-7H3. The summed E-state index contributed by atoms with van der Waals surface area (Å²) in [5.41, 5.74) is -0.444. The number of hydrogen-bond acceptors (Lipinski definition) is 6. The number of carbonyl (C=O) groups excluding carboxylic acids is 3. The molecule has 0 atom stereocenters. The highest BCUT2D eigenvalue weighted by atomic mass is 16.6. The fourth-order valence-corrected chi connectivity index (χ4v) is 2.71. The summed E-state index contributed by atoms with van der Waals surface area (Å²) >= 11 is 0. The third kappa shape index (κ3) is 6.08. The van der Waals surface area contributed by atoms with Crippen molar-refractivity contribution >= 4 is 28.9 Å². The molecule has 30 heavy (non-hydrogen) atoms. The molecule has 0 radical (unpaired) electrons. The highest BCUT2D eigenvalue weighted by Crippen LogP contribution is 2.26. The minimum atomic E-state index is -0.702. The van der Waals surface area contributed by atoms with E-state index in [1.165, 1.54) is 10.8 Å². The van der Waals surface area contributed by atoms with Gasteiger partial charge in [-0.3, -0.25) is 4.57 Å². The van der Waals surface area contributed by atoms with Gasteiger partial charge in [0.1, 0.15) is 11.2 Å². The first kappa shape index (κ1) is 23.4. The second-order valence-electron chi connectivity index (χ2n) is 9.12. The van der Waals surface area contributed by atoms with E-state index in [1.807, 2.05) is 6.92 Å². The number of fused-ring (bicyclic) bond motifs is 1. The van der Waals surface area contributed by atoms with Crippen molar-refractivity contribution in [2.45, 2.75) is 72.5 Å². The van der Waals surface area contributed by atoms with Crippen LogP contribution in [0.3, 0.4) is 0 Å². The number of ether oxygens (including phenoxy) is 3. The summed E-state index contributed by atoms with van der Waals surface area (Å²) in [6.07, 6.45) is 2.39. The molecule has 1 heterocycles.